The lowest BCUT2D eigenvalue weighted by atomic mass is 9.95. The van der Waals surface area contributed by atoms with Gasteiger partial charge < -0.3 is 20.6 Å². The van der Waals surface area contributed by atoms with Crippen LogP contribution in [0.4, 0.5) is 13.2 Å². The summed E-state index contributed by atoms with van der Waals surface area (Å²) in [7, 11) is 2.21. The van der Waals surface area contributed by atoms with Crippen LogP contribution in [0.2, 0.25) is 0 Å². The Morgan fingerprint density at radius 1 is 1.22 bits per heavy atom. The van der Waals surface area contributed by atoms with Gasteiger partial charge in [0.25, 0.3) is 0 Å². The van der Waals surface area contributed by atoms with Crippen molar-refractivity contribution in [2.75, 3.05) is 20.1 Å². The number of piperidine rings is 1. The predicted molar refractivity (Wildman–Crippen MR) is 116 cm³/mol. The maximum atomic E-state index is 13.0. The first-order valence-corrected chi connectivity index (χ1v) is 11.1. The van der Waals surface area contributed by atoms with E-state index in [1.165, 1.54) is 18.9 Å². The number of aromatic nitrogens is 1. The van der Waals surface area contributed by atoms with Crippen LogP contribution in [-0.4, -0.2) is 46.7 Å². The number of pyridine rings is 1. The van der Waals surface area contributed by atoms with Crippen molar-refractivity contribution in [2.45, 2.75) is 49.9 Å². The maximum absolute atomic E-state index is 13.0. The zero-order valence-corrected chi connectivity index (χ0v) is 18.0. The molecular weight excluding hydrogens is 417 g/mol. The summed E-state index contributed by atoms with van der Waals surface area (Å²) in [4.78, 5) is 6.80. The van der Waals surface area contributed by atoms with Crippen molar-refractivity contribution >= 4 is 11.4 Å². The number of phenols is 1. The van der Waals surface area contributed by atoms with Crippen LogP contribution in [0.5, 0.6) is 5.75 Å². The molecule has 1 saturated carbocycles. The van der Waals surface area contributed by atoms with Gasteiger partial charge in [0, 0.05) is 65.2 Å². The van der Waals surface area contributed by atoms with Crippen LogP contribution in [0, 0.1) is 0 Å². The SMILES string of the molecule is CN1CCC(NC2=c3cnccc3=C(c3ccc(C(F)(F)F)cc3O)NCC2)CC12CC2. The highest BCUT2D eigenvalue weighted by Gasteiger charge is 2.49. The topological polar surface area (TPSA) is 60.4 Å². The number of alkyl halides is 3. The molecule has 1 atom stereocenters. The molecule has 1 aromatic heterocycles. The average Bonchev–Trinajstić information content (AvgIpc) is 3.55. The van der Waals surface area contributed by atoms with E-state index in [2.05, 4.69) is 27.6 Å². The molecule has 1 spiro atoms. The third-order valence-corrected chi connectivity index (χ3v) is 7.14. The van der Waals surface area contributed by atoms with Crippen LogP contribution in [0.25, 0.3) is 11.4 Å². The van der Waals surface area contributed by atoms with Crippen molar-refractivity contribution in [3.05, 3.63) is 58.2 Å². The van der Waals surface area contributed by atoms with Crippen LogP contribution in [0.3, 0.4) is 0 Å². The van der Waals surface area contributed by atoms with E-state index in [0.29, 0.717) is 29.4 Å². The Hall–Kier alpha value is -2.74. The van der Waals surface area contributed by atoms with Gasteiger partial charge in [-0.15, -0.1) is 0 Å². The van der Waals surface area contributed by atoms with Gasteiger partial charge in [-0.3, -0.25) is 4.98 Å². The number of fused-ring (bicyclic) bond motifs is 1. The van der Waals surface area contributed by atoms with Crippen LogP contribution < -0.4 is 21.1 Å². The number of hydrogen-bond donors (Lipinski definition) is 3. The first-order chi connectivity index (χ1) is 15.3. The molecule has 1 saturated heterocycles. The van der Waals surface area contributed by atoms with Crippen LogP contribution in [0.15, 0.2) is 36.7 Å². The zero-order chi connectivity index (χ0) is 22.5. The Labute approximate surface area is 184 Å². The Kier molecular flexibility index (Phi) is 5.08. The largest absolute Gasteiger partial charge is 0.507 e. The van der Waals surface area contributed by atoms with Crippen LogP contribution in [-0.2, 0) is 6.18 Å². The van der Waals surface area contributed by atoms with E-state index in [0.717, 1.165) is 54.1 Å². The van der Waals surface area contributed by atoms with Crippen molar-refractivity contribution in [3.63, 3.8) is 0 Å². The summed E-state index contributed by atoms with van der Waals surface area (Å²) in [6.07, 6.45) is 4.39. The summed E-state index contributed by atoms with van der Waals surface area (Å²) >= 11 is 0. The van der Waals surface area contributed by atoms with Crippen molar-refractivity contribution < 1.29 is 18.3 Å². The predicted octanol–water partition coefficient (Wildman–Crippen LogP) is 2.28. The molecule has 5 nitrogen and oxygen atoms in total. The lowest BCUT2D eigenvalue weighted by Gasteiger charge is -2.38. The Bertz CT molecular complexity index is 1160. The Balaban J connectivity index is 1.56. The smallest absolute Gasteiger partial charge is 0.416 e. The second-order valence-electron chi connectivity index (χ2n) is 9.16. The number of nitrogens with zero attached hydrogens (tertiary/aromatic N) is 2. The summed E-state index contributed by atoms with van der Waals surface area (Å²) in [5, 5.41) is 19.3. The number of aromatic hydroxyl groups is 1. The average molecular weight is 445 g/mol. The van der Waals surface area contributed by atoms with Gasteiger partial charge in [-0.25, -0.2) is 0 Å². The molecule has 2 fully saturated rings. The number of rotatable bonds is 3. The van der Waals surface area contributed by atoms with E-state index in [-0.39, 0.29) is 0 Å². The van der Waals surface area contributed by atoms with Gasteiger partial charge in [0.1, 0.15) is 5.75 Å². The molecular formula is C24H27F3N4O. The molecule has 170 valence electrons. The molecule has 1 aliphatic carbocycles. The van der Waals surface area contributed by atoms with E-state index in [1.54, 1.807) is 12.4 Å². The minimum absolute atomic E-state index is 0.348. The van der Waals surface area contributed by atoms with Crippen LogP contribution >= 0.6 is 0 Å². The first-order valence-electron chi connectivity index (χ1n) is 11.1. The van der Waals surface area contributed by atoms with Crippen molar-refractivity contribution in [2.24, 2.45) is 0 Å². The van der Waals surface area contributed by atoms with Gasteiger partial charge in [0.15, 0.2) is 0 Å². The molecule has 8 heteroatoms. The minimum atomic E-state index is -4.50. The third-order valence-electron chi connectivity index (χ3n) is 7.14. The molecule has 0 radical (unpaired) electrons. The summed E-state index contributed by atoms with van der Waals surface area (Å²) in [5.41, 5.74) is 1.54. The fourth-order valence-electron chi connectivity index (χ4n) is 5.11. The molecule has 2 aromatic rings. The van der Waals surface area contributed by atoms with Crippen molar-refractivity contribution in [1.29, 1.82) is 0 Å². The maximum Gasteiger partial charge on any atom is 0.416 e. The Morgan fingerprint density at radius 3 is 2.75 bits per heavy atom. The number of hydrogen-bond acceptors (Lipinski definition) is 5. The highest BCUT2D eigenvalue weighted by atomic mass is 19.4. The van der Waals surface area contributed by atoms with Crippen molar-refractivity contribution in [3.8, 4) is 5.75 Å². The van der Waals surface area contributed by atoms with Gasteiger partial charge in [-0.05, 0) is 57.0 Å². The highest BCUT2D eigenvalue weighted by Crippen LogP contribution is 2.47. The number of benzene rings is 1. The summed E-state index contributed by atoms with van der Waals surface area (Å²) in [6.45, 7) is 1.67. The van der Waals surface area contributed by atoms with E-state index in [4.69, 9.17) is 0 Å². The lowest BCUT2D eigenvalue weighted by Crippen LogP contribution is -2.49. The standard InChI is InChI=1S/C24H27F3N4O/c1-31-11-6-16(13-23(31)7-8-23)30-20-5-10-29-22(17-4-9-28-14-19(17)20)18-3-2-15(12-21(18)32)24(25,26)27/h2-4,9,12,14,16,29-30,32H,5-8,10-11,13H2,1H3. The molecule has 3 aliphatic rings. The van der Waals surface area contributed by atoms with E-state index in [1.807, 2.05) is 6.07 Å². The van der Waals surface area contributed by atoms with E-state index in [9.17, 15) is 18.3 Å². The Morgan fingerprint density at radius 2 is 2.03 bits per heavy atom. The van der Waals surface area contributed by atoms with Crippen molar-refractivity contribution in [1.82, 2.24) is 20.5 Å². The molecule has 2 aliphatic heterocycles. The first kappa shape index (κ1) is 21.1. The molecule has 0 bridgehead atoms. The number of phenolic OH excluding ortho intramolecular Hbond substituents is 1. The number of halogens is 3. The number of likely N-dealkylation sites (tertiary alicyclic amines) is 1. The highest BCUT2D eigenvalue weighted by molar-refractivity contribution is 5.70. The molecule has 3 N–H and O–H groups in total. The van der Waals surface area contributed by atoms with Gasteiger partial charge >= 0.3 is 6.18 Å². The molecule has 0 amide bonds. The second kappa shape index (κ2) is 7.69. The fourth-order valence-corrected chi connectivity index (χ4v) is 5.11. The van der Waals surface area contributed by atoms with Gasteiger partial charge in [-0.1, -0.05) is 0 Å². The molecule has 1 aromatic carbocycles. The number of nitrogens with one attached hydrogen (secondary N) is 2. The second-order valence-corrected chi connectivity index (χ2v) is 9.16. The summed E-state index contributed by atoms with van der Waals surface area (Å²) < 4.78 is 39.1. The van der Waals surface area contributed by atoms with Crippen LogP contribution in [0.1, 0.15) is 43.2 Å². The third kappa shape index (κ3) is 3.81. The fraction of sp³-hybridized carbons (Fsp3) is 0.458. The molecule has 5 rings (SSSR count). The lowest BCUT2D eigenvalue weighted by molar-refractivity contribution is -0.137. The summed E-state index contributed by atoms with van der Waals surface area (Å²) in [5.74, 6) is -0.396. The van der Waals surface area contributed by atoms with Gasteiger partial charge in [0.2, 0.25) is 0 Å². The zero-order valence-electron chi connectivity index (χ0n) is 18.0. The normalized spacial score (nSPS) is 22.8. The quantitative estimate of drug-likeness (QED) is 0.678. The molecule has 1 unspecified atom stereocenters. The molecule has 3 heterocycles. The van der Waals surface area contributed by atoms with E-state index < -0.39 is 17.5 Å². The summed E-state index contributed by atoms with van der Waals surface area (Å²) in [6, 6.07) is 5.35. The monoisotopic (exact) mass is 444 g/mol. The van der Waals surface area contributed by atoms with Gasteiger partial charge in [-0.2, -0.15) is 13.2 Å². The van der Waals surface area contributed by atoms with E-state index >= 15 is 0 Å². The molecule has 32 heavy (non-hydrogen) atoms. The minimum Gasteiger partial charge on any atom is -0.507 e. The van der Waals surface area contributed by atoms with Gasteiger partial charge in [0.05, 0.1) is 11.3 Å².